The molecule has 0 bridgehead atoms. The van der Waals surface area contributed by atoms with Gasteiger partial charge in [-0.25, -0.2) is 0 Å². The average Bonchev–Trinajstić information content (AvgIpc) is 3.07. The first-order valence-electron chi connectivity index (χ1n) is 8.69. The number of methoxy groups -OCH3 is 1. The number of nitrogens with zero attached hydrogens (tertiary/aromatic N) is 1. The van der Waals surface area contributed by atoms with Crippen molar-refractivity contribution in [1.82, 2.24) is 4.90 Å². The van der Waals surface area contributed by atoms with Crippen molar-refractivity contribution in [3.63, 3.8) is 0 Å². The fourth-order valence-corrected chi connectivity index (χ4v) is 3.98. The van der Waals surface area contributed by atoms with Crippen LogP contribution in [0.2, 0.25) is 0 Å². The number of carbonyl (C=O) groups excluding carboxylic acids is 1. The number of hydrogen-bond acceptors (Lipinski definition) is 3. The topological polar surface area (TPSA) is 66.8 Å². The lowest BCUT2D eigenvalue weighted by Crippen LogP contribution is -2.50. The van der Waals surface area contributed by atoms with Crippen LogP contribution in [0.4, 0.5) is 0 Å². The molecule has 3 rings (SSSR count). The van der Waals surface area contributed by atoms with E-state index in [-0.39, 0.29) is 12.5 Å². The van der Waals surface area contributed by atoms with Crippen molar-refractivity contribution < 1.29 is 19.4 Å². The summed E-state index contributed by atoms with van der Waals surface area (Å²) in [5.41, 5.74) is 2.40. The number of amides is 1. The molecule has 1 atom stereocenters. The molecule has 1 heterocycles. The van der Waals surface area contributed by atoms with Gasteiger partial charge >= 0.3 is 5.97 Å². The van der Waals surface area contributed by atoms with Crippen LogP contribution in [0.3, 0.4) is 0 Å². The van der Waals surface area contributed by atoms with E-state index < -0.39 is 11.4 Å². The lowest BCUT2D eigenvalue weighted by Gasteiger charge is -2.40. The summed E-state index contributed by atoms with van der Waals surface area (Å²) >= 11 is 0. The molecule has 1 aromatic rings. The van der Waals surface area contributed by atoms with E-state index in [4.69, 9.17) is 4.74 Å². The van der Waals surface area contributed by atoms with Crippen molar-refractivity contribution in [2.45, 2.75) is 38.5 Å². The summed E-state index contributed by atoms with van der Waals surface area (Å²) in [5, 5.41) is 9.72. The fourth-order valence-electron chi connectivity index (χ4n) is 3.98. The Morgan fingerprint density at radius 3 is 2.79 bits per heavy atom. The quantitative estimate of drug-likeness (QED) is 0.900. The van der Waals surface area contributed by atoms with Crippen molar-refractivity contribution in [3.8, 4) is 0 Å². The van der Waals surface area contributed by atoms with Gasteiger partial charge in [-0.1, -0.05) is 6.07 Å². The van der Waals surface area contributed by atoms with Gasteiger partial charge in [0.1, 0.15) is 0 Å². The maximum atomic E-state index is 12.9. The summed E-state index contributed by atoms with van der Waals surface area (Å²) in [6.07, 6.45) is 5.02. The Bertz CT molecular complexity index is 642. The Balaban J connectivity index is 1.78. The van der Waals surface area contributed by atoms with Gasteiger partial charge in [0.05, 0.1) is 5.41 Å². The number of carbonyl (C=O) groups is 2. The lowest BCUT2D eigenvalue weighted by molar-refractivity contribution is -0.153. The van der Waals surface area contributed by atoms with Gasteiger partial charge in [0, 0.05) is 32.4 Å². The molecule has 0 aromatic heterocycles. The van der Waals surface area contributed by atoms with Crippen LogP contribution in [0.1, 0.15) is 47.2 Å². The predicted octanol–water partition coefficient (Wildman–Crippen LogP) is 2.52. The Kier molecular flexibility index (Phi) is 4.90. The van der Waals surface area contributed by atoms with Crippen molar-refractivity contribution in [2.24, 2.45) is 5.41 Å². The summed E-state index contributed by atoms with van der Waals surface area (Å²) in [7, 11) is 1.58. The fraction of sp³-hybridized carbons (Fsp3) is 0.579. The van der Waals surface area contributed by atoms with Gasteiger partial charge in [0.25, 0.3) is 5.91 Å². The molecular formula is C19H25NO4. The number of carboxylic acid groups (broad SMARTS) is 1. The Hall–Kier alpha value is -1.88. The van der Waals surface area contributed by atoms with Gasteiger partial charge in [-0.3, -0.25) is 9.59 Å². The molecule has 1 saturated heterocycles. The molecule has 1 aliphatic carbocycles. The monoisotopic (exact) mass is 331 g/mol. The first kappa shape index (κ1) is 17.0. The maximum absolute atomic E-state index is 12.9. The normalized spacial score (nSPS) is 23.1. The molecule has 5 nitrogen and oxygen atoms in total. The number of carboxylic acids is 1. The number of aliphatic carboxylic acids is 1. The van der Waals surface area contributed by atoms with Crippen molar-refractivity contribution in [2.75, 3.05) is 26.8 Å². The van der Waals surface area contributed by atoms with Gasteiger partial charge in [0.15, 0.2) is 0 Å². The number of rotatable bonds is 5. The smallest absolute Gasteiger partial charge is 0.311 e. The third kappa shape index (κ3) is 3.18. The molecule has 1 fully saturated rings. The summed E-state index contributed by atoms with van der Waals surface area (Å²) in [4.78, 5) is 26.4. The van der Waals surface area contributed by atoms with Gasteiger partial charge in [-0.15, -0.1) is 0 Å². The Morgan fingerprint density at radius 1 is 1.25 bits per heavy atom. The Labute approximate surface area is 142 Å². The highest BCUT2D eigenvalue weighted by Gasteiger charge is 2.43. The second-order valence-electron chi connectivity index (χ2n) is 7.00. The first-order chi connectivity index (χ1) is 11.6. The van der Waals surface area contributed by atoms with E-state index in [1.54, 1.807) is 12.0 Å². The van der Waals surface area contributed by atoms with Crippen LogP contribution < -0.4 is 0 Å². The molecule has 1 N–H and O–H groups in total. The third-order valence-electron chi connectivity index (χ3n) is 5.45. The molecule has 130 valence electrons. The molecule has 0 saturated carbocycles. The highest BCUT2D eigenvalue weighted by molar-refractivity contribution is 5.95. The number of ether oxygens (including phenoxy) is 1. The second-order valence-corrected chi connectivity index (χ2v) is 7.00. The van der Waals surface area contributed by atoms with E-state index >= 15 is 0 Å². The van der Waals surface area contributed by atoms with Crippen LogP contribution in [0.25, 0.3) is 0 Å². The number of piperidine rings is 1. The number of aryl methyl sites for hydroxylation is 2. The molecule has 1 aliphatic heterocycles. The van der Waals surface area contributed by atoms with Crippen LogP contribution in [0.15, 0.2) is 18.2 Å². The molecule has 5 heteroatoms. The van der Waals surface area contributed by atoms with Crippen LogP contribution in [0.5, 0.6) is 0 Å². The summed E-state index contributed by atoms with van der Waals surface area (Å²) in [5.74, 6) is -0.876. The van der Waals surface area contributed by atoms with Crippen LogP contribution in [-0.2, 0) is 22.4 Å². The van der Waals surface area contributed by atoms with Crippen LogP contribution in [-0.4, -0.2) is 48.7 Å². The molecule has 0 spiro atoms. The predicted molar refractivity (Wildman–Crippen MR) is 90.2 cm³/mol. The first-order valence-corrected chi connectivity index (χ1v) is 8.69. The second kappa shape index (κ2) is 6.93. The van der Waals surface area contributed by atoms with E-state index in [0.717, 1.165) is 19.3 Å². The molecule has 2 aliphatic rings. The molecule has 0 unspecified atom stereocenters. The van der Waals surface area contributed by atoms with Crippen LogP contribution in [0, 0.1) is 5.41 Å². The maximum Gasteiger partial charge on any atom is 0.311 e. The highest BCUT2D eigenvalue weighted by Crippen LogP contribution is 2.35. The zero-order valence-corrected chi connectivity index (χ0v) is 14.2. The number of likely N-dealkylation sites (tertiary alicyclic amines) is 1. The van der Waals surface area contributed by atoms with Crippen molar-refractivity contribution in [1.29, 1.82) is 0 Å². The van der Waals surface area contributed by atoms with E-state index in [2.05, 4.69) is 6.07 Å². The molecule has 0 radical (unpaired) electrons. The van der Waals surface area contributed by atoms with Gasteiger partial charge < -0.3 is 14.7 Å². The van der Waals surface area contributed by atoms with Gasteiger partial charge in [0.2, 0.25) is 0 Å². The minimum Gasteiger partial charge on any atom is -0.481 e. The highest BCUT2D eigenvalue weighted by atomic mass is 16.5. The third-order valence-corrected chi connectivity index (χ3v) is 5.45. The van der Waals surface area contributed by atoms with Crippen molar-refractivity contribution in [3.05, 3.63) is 34.9 Å². The SMILES string of the molecule is COCC[C@@]1(C(=O)O)CCCN(C(=O)c2ccc3c(c2)CCC3)C1. The minimum atomic E-state index is -0.888. The summed E-state index contributed by atoms with van der Waals surface area (Å²) in [6, 6.07) is 5.93. The number of benzene rings is 1. The summed E-state index contributed by atoms with van der Waals surface area (Å²) < 4.78 is 5.08. The van der Waals surface area contributed by atoms with Gasteiger partial charge in [-0.05, 0) is 61.8 Å². The molecule has 24 heavy (non-hydrogen) atoms. The largest absolute Gasteiger partial charge is 0.481 e. The Morgan fingerprint density at radius 2 is 2.04 bits per heavy atom. The number of hydrogen-bond donors (Lipinski definition) is 1. The molecular weight excluding hydrogens is 306 g/mol. The van der Waals surface area contributed by atoms with Crippen LogP contribution >= 0.6 is 0 Å². The van der Waals surface area contributed by atoms with E-state index in [1.165, 1.54) is 11.1 Å². The average molecular weight is 331 g/mol. The molecule has 1 amide bonds. The standard InChI is InChI=1S/C19H25NO4/c1-24-11-9-19(18(22)23)8-3-10-20(13-19)17(21)16-7-6-14-4-2-5-15(14)12-16/h6-7,12H,2-5,8-11,13H2,1H3,(H,22,23)/t19-/m0/s1. The zero-order chi connectivity index (χ0) is 17.2. The lowest BCUT2D eigenvalue weighted by atomic mass is 9.77. The number of fused-ring (bicyclic) bond motifs is 1. The van der Waals surface area contributed by atoms with Gasteiger partial charge in [-0.2, -0.15) is 0 Å². The van der Waals surface area contributed by atoms with E-state index in [9.17, 15) is 14.7 Å². The summed E-state index contributed by atoms with van der Waals surface area (Å²) in [6.45, 7) is 1.28. The van der Waals surface area contributed by atoms with Crippen molar-refractivity contribution >= 4 is 11.9 Å². The molecule has 1 aromatic carbocycles. The minimum absolute atomic E-state index is 0.0487. The van der Waals surface area contributed by atoms with E-state index in [0.29, 0.717) is 38.0 Å². The zero-order valence-electron chi connectivity index (χ0n) is 14.2. The van der Waals surface area contributed by atoms with E-state index in [1.807, 2.05) is 12.1 Å².